The molecule has 1 aliphatic carbocycles. The molecule has 0 atom stereocenters. The van der Waals surface area contributed by atoms with Crippen LogP contribution in [0.15, 0.2) is 54.7 Å². The van der Waals surface area contributed by atoms with Gasteiger partial charge in [0.1, 0.15) is 17.2 Å². The van der Waals surface area contributed by atoms with Gasteiger partial charge in [-0.05, 0) is 60.7 Å². The number of alkyl halides is 3. The largest absolute Gasteiger partial charge is 0.421 e. The zero-order valence-electron chi connectivity index (χ0n) is 16.7. The van der Waals surface area contributed by atoms with E-state index in [4.69, 9.17) is 0 Å². The summed E-state index contributed by atoms with van der Waals surface area (Å²) in [6.45, 7) is 0. The second-order valence-electron chi connectivity index (χ2n) is 7.67. The molecule has 8 heteroatoms. The van der Waals surface area contributed by atoms with E-state index >= 15 is 0 Å². The Bertz CT molecular complexity index is 1030. The third-order valence-electron chi connectivity index (χ3n) is 5.42. The van der Waals surface area contributed by atoms with Crippen LogP contribution in [0.2, 0.25) is 0 Å². The quantitative estimate of drug-likeness (QED) is 0.421. The normalized spacial score (nSPS) is 15.0. The molecule has 2 N–H and O–H groups in total. The number of benzene rings is 2. The molecule has 1 saturated carbocycles. The SMILES string of the molecule is Fc1ccc(Nc2ncc(C(F)(F)F)c(Nc3cccc(C4CCCCC4)c3)n2)cc1. The Labute approximate surface area is 177 Å². The summed E-state index contributed by atoms with van der Waals surface area (Å²) in [7, 11) is 0. The van der Waals surface area contributed by atoms with Gasteiger partial charge < -0.3 is 10.6 Å². The van der Waals surface area contributed by atoms with E-state index in [1.54, 1.807) is 6.07 Å². The molecule has 0 radical (unpaired) electrons. The van der Waals surface area contributed by atoms with Crippen LogP contribution in [0.25, 0.3) is 0 Å². The van der Waals surface area contributed by atoms with Gasteiger partial charge in [-0.25, -0.2) is 9.37 Å². The van der Waals surface area contributed by atoms with Crippen LogP contribution in [0.1, 0.15) is 49.1 Å². The van der Waals surface area contributed by atoms with Crippen molar-refractivity contribution in [3.05, 3.63) is 71.7 Å². The van der Waals surface area contributed by atoms with Crippen molar-refractivity contribution in [3.63, 3.8) is 0 Å². The molecule has 4 rings (SSSR count). The Hall–Kier alpha value is -3.16. The highest BCUT2D eigenvalue weighted by Gasteiger charge is 2.35. The van der Waals surface area contributed by atoms with Crippen molar-refractivity contribution in [2.75, 3.05) is 10.6 Å². The van der Waals surface area contributed by atoms with Gasteiger partial charge in [0.2, 0.25) is 5.95 Å². The molecule has 0 unspecified atom stereocenters. The lowest BCUT2D eigenvalue weighted by atomic mass is 9.84. The van der Waals surface area contributed by atoms with Crippen LogP contribution in [0.5, 0.6) is 0 Å². The van der Waals surface area contributed by atoms with Gasteiger partial charge in [-0.15, -0.1) is 0 Å². The smallest absolute Gasteiger partial charge is 0.340 e. The predicted octanol–water partition coefficient (Wildman–Crippen LogP) is 7.17. The topological polar surface area (TPSA) is 49.8 Å². The van der Waals surface area contributed by atoms with E-state index in [-0.39, 0.29) is 11.8 Å². The van der Waals surface area contributed by atoms with Crippen LogP contribution in [-0.2, 0) is 6.18 Å². The third kappa shape index (κ3) is 5.31. The second kappa shape index (κ2) is 8.91. The lowest BCUT2D eigenvalue weighted by molar-refractivity contribution is -0.137. The second-order valence-corrected chi connectivity index (χ2v) is 7.67. The minimum Gasteiger partial charge on any atom is -0.340 e. The van der Waals surface area contributed by atoms with Crippen LogP contribution < -0.4 is 10.6 Å². The van der Waals surface area contributed by atoms with Gasteiger partial charge in [-0.2, -0.15) is 18.2 Å². The number of halogens is 4. The Morgan fingerprint density at radius 3 is 2.32 bits per heavy atom. The first-order valence-electron chi connectivity index (χ1n) is 10.2. The van der Waals surface area contributed by atoms with E-state index in [2.05, 4.69) is 20.6 Å². The minimum absolute atomic E-state index is 0.0226. The van der Waals surface area contributed by atoms with E-state index < -0.39 is 17.6 Å². The van der Waals surface area contributed by atoms with Crippen LogP contribution >= 0.6 is 0 Å². The first-order valence-corrected chi connectivity index (χ1v) is 10.2. The van der Waals surface area contributed by atoms with Crippen LogP contribution in [0.3, 0.4) is 0 Å². The van der Waals surface area contributed by atoms with Gasteiger partial charge in [-0.1, -0.05) is 31.4 Å². The fraction of sp³-hybridized carbons (Fsp3) is 0.304. The Morgan fingerprint density at radius 1 is 0.871 bits per heavy atom. The van der Waals surface area contributed by atoms with Crippen molar-refractivity contribution >= 4 is 23.1 Å². The molecule has 1 heterocycles. The summed E-state index contributed by atoms with van der Waals surface area (Å²) in [6, 6.07) is 12.9. The highest BCUT2D eigenvalue weighted by Crippen LogP contribution is 2.37. The zero-order chi connectivity index (χ0) is 21.8. The highest BCUT2D eigenvalue weighted by atomic mass is 19.4. The summed E-state index contributed by atoms with van der Waals surface area (Å²) in [5.41, 5.74) is 1.17. The number of nitrogens with zero attached hydrogens (tertiary/aromatic N) is 2. The van der Waals surface area contributed by atoms with Crippen molar-refractivity contribution in [1.82, 2.24) is 9.97 Å². The van der Waals surface area contributed by atoms with E-state index in [0.717, 1.165) is 24.6 Å². The average molecular weight is 430 g/mol. The zero-order valence-corrected chi connectivity index (χ0v) is 16.7. The van der Waals surface area contributed by atoms with E-state index in [9.17, 15) is 17.6 Å². The Balaban J connectivity index is 1.61. The standard InChI is InChI=1S/C23H22F4N4/c24-17-9-11-18(12-10-17)30-22-28-14-20(23(25,26)27)21(31-22)29-19-8-4-7-16(13-19)15-5-2-1-3-6-15/h4,7-15H,1-3,5-6H2,(H2,28,29,30,31). The summed E-state index contributed by atoms with van der Waals surface area (Å²) in [5.74, 6) is -0.351. The molecular weight excluding hydrogens is 408 g/mol. The predicted molar refractivity (Wildman–Crippen MR) is 112 cm³/mol. The molecule has 0 aliphatic heterocycles. The monoisotopic (exact) mass is 430 g/mol. The van der Waals surface area contributed by atoms with Gasteiger partial charge in [0, 0.05) is 17.6 Å². The number of aromatic nitrogens is 2. The van der Waals surface area contributed by atoms with Crippen molar-refractivity contribution in [2.24, 2.45) is 0 Å². The van der Waals surface area contributed by atoms with Crippen molar-refractivity contribution in [2.45, 2.75) is 44.2 Å². The molecule has 3 aromatic rings. The summed E-state index contributed by atoms with van der Waals surface area (Å²) >= 11 is 0. The van der Waals surface area contributed by atoms with Crippen molar-refractivity contribution in [3.8, 4) is 0 Å². The number of rotatable bonds is 5. The van der Waals surface area contributed by atoms with Gasteiger partial charge in [0.25, 0.3) is 0 Å². The molecule has 1 aromatic heterocycles. The van der Waals surface area contributed by atoms with Crippen LogP contribution in [0.4, 0.5) is 40.7 Å². The fourth-order valence-electron chi connectivity index (χ4n) is 3.85. The number of hydrogen-bond donors (Lipinski definition) is 2. The maximum Gasteiger partial charge on any atom is 0.421 e. The van der Waals surface area contributed by atoms with Gasteiger partial charge >= 0.3 is 6.18 Å². The molecule has 0 bridgehead atoms. The molecule has 2 aromatic carbocycles. The molecule has 162 valence electrons. The minimum atomic E-state index is -4.61. The van der Waals surface area contributed by atoms with E-state index in [1.165, 1.54) is 43.5 Å². The summed E-state index contributed by atoms with van der Waals surface area (Å²) in [5, 5.41) is 5.63. The Morgan fingerprint density at radius 2 is 1.61 bits per heavy atom. The fourth-order valence-corrected chi connectivity index (χ4v) is 3.85. The first kappa shape index (κ1) is 21.1. The maximum atomic E-state index is 13.5. The van der Waals surface area contributed by atoms with Crippen molar-refractivity contribution in [1.29, 1.82) is 0 Å². The molecule has 0 spiro atoms. The summed E-state index contributed by atoms with van der Waals surface area (Å²) < 4.78 is 53.7. The average Bonchev–Trinajstić information content (AvgIpc) is 2.76. The first-order chi connectivity index (χ1) is 14.9. The summed E-state index contributed by atoms with van der Waals surface area (Å²) in [6.07, 6.45) is 1.89. The molecule has 0 amide bonds. The number of anilines is 4. The third-order valence-corrected chi connectivity index (χ3v) is 5.42. The van der Waals surface area contributed by atoms with Gasteiger partial charge in [-0.3, -0.25) is 0 Å². The van der Waals surface area contributed by atoms with Crippen LogP contribution in [-0.4, -0.2) is 9.97 Å². The lowest BCUT2D eigenvalue weighted by Gasteiger charge is -2.22. The molecular formula is C23H22F4N4. The molecule has 0 saturated heterocycles. The highest BCUT2D eigenvalue weighted by molar-refractivity contribution is 5.63. The number of hydrogen-bond acceptors (Lipinski definition) is 4. The maximum absolute atomic E-state index is 13.5. The molecule has 1 fully saturated rings. The molecule has 4 nitrogen and oxygen atoms in total. The number of nitrogens with one attached hydrogen (secondary N) is 2. The van der Waals surface area contributed by atoms with Gasteiger partial charge in [0.05, 0.1) is 0 Å². The lowest BCUT2D eigenvalue weighted by Crippen LogP contribution is -2.13. The molecule has 31 heavy (non-hydrogen) atoms. The van der Waals surface area contributed by atoms with Crippen molar-refractivity contribution < 1.29 is 17.6 Å². The summed E-state index contributed by atoms with van der Waals surface area (Å²) in [4.78, 5) is 7.83. The molecule has 1 aliphatic rings. The van der Waals surface area contributed by atoms with E-state index in [1.807, 2.05) is 18.2 Å². The van der Waals surface area contributed by atoms with E-state index in [0.29, 0.717) is 17.3 Å². The van der Waals surface area contributed by atoms with Gasteiger partial charge in [0.15, 0.2) is 0 Å². The Kier molecular flexibility index (Phi) is 6.06. The van der Waals surface area contributed by atoms with Crippen LogP contribution in [0, 0.1) is 5.82 Å².